The molecule has 1 aromatic carbocycles. The number of benzene rings is 1. The van der Waals surface area contributed by atoms with E-state index in [2.05, 4.69) is 42.9 Å². The third-order valence-corrected chi connectivity index (χ3v) is 10.4. The molecule has 40 heavy (non-hydrogen) atoms. The van der Waals surface area contributed by atoms with Crippen LogP contribution in [0.5, 0.6) is 0 Å². The normalized spacial score (nSPS) is 17.6. The van der Waals surface area contributed by atoms with Crippen LogP contribution in [-0.4, -0.2) is 43.1 Å². The average Bonchev–Trinajstić information content (AvgIpc) is 3.48. The fraction of sp³-hybridized carbons (Fsp3) is 0.448. The maximum atomic E-state index is 13.6. The predicted molar refractivity (Wildman–Crippen MR) is 161 cm³/mol. The van der Waals surface area contributed by atoms with Crippen LogP contribution in [0.25, 0.3) is 44.1 Å². The van der Waals surface area contributed by atoms with E-state index >= 15 is 0 Å². The molecule has 4 heterocycles. The number of nitrogens with zero attached hydrogens (tertiary/aromatic N) is 7. The van der Waals surface area contributed by atoms with E-state index < -0.39 is 8.07 Å². The minimum absolute atomic E-state index is 0.0314. The summed E-state index contributed by atoms with van der Waals surface area (Å²) in [5.41, 5.74) is 5.01. The number of ether oxygens (including phenoxy) is 1. The van der Waals surface area contributed by atoms with Crippen molar-refractivity contribution in [1.29, 1.82) is 5.26 Å². The van der Waals surface area contributed by atoms with Crippen LogP contribution >= 0.6 is 11.6 Å². The molecule has 0 atom stereocenters. The molecule has 0 N–H and O–H groups in total. The fourth-order valence-electron chi connectivity index (χ4n) is 5.88. The molecule has 0 amide bonds. The highest BCUT2D eigenvalue weighted by atomic mass is 35.5. The summed E-state index contributed by atoms with van der Waals surface area (Å²) in [5.74, 6) is 0.315. The third-order valence-electron chi connectivity index (χ3n) is 8.26. The number of fused-ring (bicyclic) bond motifs is 4. The first-order valence-electron chi connectivity index (χ1n) is 13.7. The zero-order valence-electron chi connectivity index (χ0n) is 23.6. The van der Waals surface area contributed by atoms with Crippen LogP contribution in [-0.2, 0) is 25.6 Å². The monoisotopic (exact) mass is 575 g/mol. The van der Waals surface area contributed by atoms with Crippen LogP contribution < -0.4 is 5.69 Å². The number of nitriles is 1. The molecule has 0 bridgehead atoms. The average molecular weight is 576 g/mol. The van der Waals surface area contributed by atoms with Gasteiger partial charge in [0.1, 0.15) is 17.5 Å². The van der Waals surface area contributed by atoms with Gasteiger partial charge in [-0.25, -0.2) is 9.78 Å². The predicted octanol–water partition coefficient (Wildman–Crippen LogP) is 6.07. The lowest BCUT2D eigenvalue weighted by molar-refractivity contribution is 0.0901. The van der Waals surface area contributed by atoms with Crippen molar-refractivity contribution in [2.75, 3.05) is 6.61 Å². The topological polar surface area (TPSA) is 95.6 Å². The van der Waals surface area contributed by atoms with E-state index in [0.717, 1.165) is 57.3 Å². The first-order valence-corrected chi connectivity index (χ1v) is 17.8. The Kier molecular flexibility index (Phi) is 6.64. The van der Waals surface area contributed by atoms with Gasteiger partial charge in [0.15, 0.2) is 0 Å². The molecule has 1 aliphatic rings. The Morgan fingerprint density at radius 3 is 2.67 bits per heavy atom. The molecule has 1 saturated carbocycles. The second-order valence-corrected chi connectivity index (χ2v) is 18.2. The fourth-order valence-corrected chi connectivity index (χ4v) is 6.97. The molecule has 0 radical (unpaired) electrons. The quantitative estimate of drug-likeness (QED) is 0.165. The molecule has 9 nitrogen and oxygen atoms in total. The van der Waals surface area contributed by atoms with Gasteiger partial charge in [-0.1, -0.05) is 37.3 Å². The largest absolute Gasteiger partial charge is 0.361 e. The highest BCUT2D eigenvalue weighted by Gasteiger charge is 2.35. The second-order valence-electron chi connectivity index (χ2n) is 12.2. The van der Waals surface area contributed by atoms with Crippen LogP contribution in [0, 0.1) is 17.2 Å². The molecule has 11 heteroatoms. The Morgan fingerprint density at radius 1 is 1.18 bits per heavy atom. The molecule has 0 unspecified atom stereocenters. The summed E-state index contributed by atoms with van der Waals surface area (Å²) in [4.78, 5) is 18.5. The SMILES string of the molecule is Cn1ncc2cc(-c3c(Cl)n(COCC[Si](C)(C)C)c4ncc5c(c34)n(C3CC(CC#N)C3)c(=O)n5C)ccc21. The standard InChI is InChI=1S/C29H34ClN7O2Si/c1-34-23-16-32-28-25(26(23)37(29(34)38)21-12-18(13-21)8-9-31)24(19-6-7-22-20(14-19)15-33-35(22)2)27(30)36(28)17-39-10-11-40(3,4)5/h6-7,14-16,18,21H,8,10-13,17H2,1-5H3. The molecular weight excluding hydrogens is 542 g/mol. The number of aromatic nitrogens is 6. The van der Waals surface area contributed by atoms with Crippen molar-refractivity contribution in [2.24, 2.45) is 20.0 Å². The number of aryl methyl sites for hydroxylation is 2. The Hall–Kier alpha value is -3.39. The maximum absolute atomic E-state index is 13.6. The number of hydrogen-bond donors (Lipinski definition) is 0. The van der Waals surface area contributed by atoms with Crippen molar-refractivity contribution in [3.63, 3.8) is 0 Å². The number of rotatable bonds is 8. The molecule has 4 aromatic heterocycles. The number of halogens is 1. The van der Waals surface area contributed by atoms with Crippen LogP contribution in [0.4, 0.5) is 0 Å². The van der Waals surface area contributed by atoms with Gasteiger partial charge in [-0.05, 0) is 42.5 Å². The van der Waals surface area contributed by atoms with E-state index in [1.54, 1.807) is 17.8 Å². The first-order chi connectivity index (χ1) is 19.1. The van der Waals surface area contributed by atoms with Gasteiger partial charge < -0.3 is 4.74 Å². The van der Waals surface area contributed by atoms with E-state index in [4.69, 9.17) is 21.3 Å². The summed E-state index contributed by atoms with van der Waals surface area (Å²) in [6.07, 6.45) is 5.74. The van der Waals surface area contributed by atoms with Crippen molar-refractivity contribution in [3.8, 4) is 17.2 Å². The zero-order chi connectivity index (χ0) is 28.3. The van der Waals surface area contributed by atoms with Gasteiger partial charge in [0.25, 0.3) is 0 Å². The van der Waals surface area contributed by atoms with E-state index in [1.807, 2.05) is 33.1 Å². The molecular formula is C29H34ClN7O2Si. The van der Waals surface area contributed by atoms with E-state index in [9.17, 15) is 10.1 Å². The van der Waals surface area contributed by atoms with Crippen molar-refractivity contribution in [3.05, 3.63) is 46.2 Å². The van der Waals surface area contributed by atoms with Gasteiger partial charge >= 0.3 is 5.69 Å². The lowest BCUT2D eigenvalue weighted by atomic mass is 9.78. The maximum Gasteiger partial charge on any atom is 0.329 e. The van der Waals surface area contributed by atoms with E-state index in [0.29, 0.717) is 29.7 Å². The molecule has 0 aliphatic heterocycles. The molecule has 1 aliphatic carbocycles. The molecule has 208 valence electrons. The van der Waals surface area contributed by atoms with Crippen LogP contribution in [0.2, 0.25) is 30.8 Å². The highest BCUT2D eigenvalue weighted by Crippen LogP contribution is 2.45. The summed E-state index contributed by atoms with van der Waals surface area (Å²) in [6, 6.07) is 9.55. The van der Waals surface area contributed by atoms with Gasteiger partial charge in [-0.3, -0.25) is 18.4 Å². The minimum atomic E-state index is -1.26. The lowest BCUT2D eigenvalue weighted by Gasteiger charge is -2.34. The number of imidazole rings is 1. The van der Waals surface area contributed by atoms with Crippen LogP contribution in [0.15, 0.2) is 35.4 Å². The third kappa shape index (κ3) is 4.37. The van der Waals surface area contributed by atoms with Gasteiger partial charge in [0, 0.05) is 52.2 Å². The molecule has 6 rings (SSSR count). The van der Waals surface area contributed by atoms with E-state index in [1.165, 1.54) is 0 Å². The second kappa shape index (κ2) is 9.91. The van der Waals surface area contributed by atoms with Crippen LogP contribution in [0.3, 0.4) is 0 Å². The summed E-state index contributed by atoms with van der Waals surface area (Å²) >= 11 is 7.20. The van der Waals surface area contributed by atoms with Gasteiger partial charge in [-0.2, -0.15) is 10.4 Å². The molecule has 5 aromatic rings. The minimum Gasteiger partial charge on any atom is -0.361 e. The number of pyridine rings is 1. The van der Waals surface area contributed by atoms with Crippen molar-refractivity contribution in [1.82, 2.24) is 28.5 Å². The number of hydrogen-bond acceptors (Lipinski definition) is 5. The first kappa shape index (κ1) is 26.8. The molecule has 0 spiro atoms. The Balaban J connectivity index is 1.57. The summed E-state index contributed by atoms with van der Waals surface area (Å²) < 4.78 is 13.5. The Labute approximate surface area is 238 Å². The van der Waals surface area contributed by atoms with Crippen molar-refractivity contribution in [2.45, 2.75) is 57.7 Å². The lowest BCUT2D eigenvalue weighted by Crippen LogP contribution is -2.34. The molecule has 0 saturated heterocycles. The van der Waals surface area contributed by atoms with Gasteiger partial charge in [0.05, 0.1) is 40.4 Å². The zero-order valence-corrected chi connectivity index (χ0v) is 25.4. The summed E-state index contributed by atoms with van der Waals surface area (Å²) in [5, 5.41) is 16.0. The van der Waals surface area contributed by atoms with Gasteiger partial charge in [-0.15, -0.1) is 0 Å². The molecule has 1 fully saturated rings. The smallest absolute Gasteiger partial charge is 0.329 e. The van der Waals surface area contributed by atoms with Crippen molar-refractivity contribution >= 4 is 52.6 Å². The van der Waals surface area contributed by atoms with Gasteiger partial charge in [0.2, 0.25) is 0 Å². The highest BCUT2D eigenvalue weighted by molar-refractivity contribution is 6.76. The van der Waals surface area contributed by atoms with E-state index in [-0.39, 0.29) is 18.5 Å². The summed E-state index contributed by atoms with van der Waals surface area (Å²) in [6.45, 7) is 7.92. The van der Waals surface area contributed by atoms with Crippen LogP contribution in [0.1, 0.15) is 25.3 Å². The Morgan fingerprint density at radius 2 is 1.95 bits per heavy atom. The Bertz CT molecular complexity index is 1860. The van der Waals surface area contributed by atoms with Crippen molar-refractivity contribution < 1.29 is 4.74 Å². The summed E-state index contributed by atoms with van der Waals surface area (Å²) in [7, 11) is 2.46.